The number of halogens is 2. The van der Waals surface area contributed by atoms with Crippen molar-refractivity contribution in [3.63, 3.8) is 0 Å². The topological polar surface area (TPSA) is 124 Å². The highest BCUT2D eigenvalue weighted by Crippen LogP contribution is 2.21. The number of hydrogen-bond acceptors (Lipinski definition) is 7. The molecule has 10 nitrogen and oxygen atoms in total. The van der Waals surface area contributed by atoms with Crippen LogP contribution in [0.3, 0.4) is 0 Å². The molecule has 45 heavy (non-hydrogen) atoms. The standard InChI is InChI=1S/C33H37F2N5O5/c1-45-20-27-8-5-10-40(27)32(43)24-15-23(17-36-18-24)31(42)38-28(14-22-12-25(34)16-26(35)13-22)30(41)29-33(44)39(11-9-37-29)19-21-6-3-2-4-7-21/h2-4,6-7,12-13,15-18,27-30,37,41H,5,8-11,14,19-20H2,1H3,(H,38,42)/t27-,28+,29+,30+/m1/s1. The summed E-state index contributed by atoms with van der Waals surface area (Å²) in [5.74, 6) is -2.94. The normalized spacial score (nSPS) is 19.8. The van der Waals surface area contributed by atoms with E-state index in [1.165, 1.54) is 18.5 Å². The van der Waals surface area contributed by atoms with Crippen molar-refractivity contribution in [3.05, 3.63) is 101 Å². The third-order valence-corrected chi connectivity index (χ3v) is 8.23. The largest absolute Gasteiger partial charge is 0.389 e. The Morgan fingerprint density at radius 3 is 2.53 bits per heavy atom. The Morgan fingerprint density at radius 1 is 1.07 bits per heavy atom. The second kappa shape index (κ2) is 14.7. The minimum Gasteiger partial charge on any atom is -0.389 e. The molecule has 238 valence electrons. The molecule has 0 bridgehead atoms. The van der Waals surface area contributed by atoms with Crippen molar-refractivity contribution in [3.8, 4) is 0 Å². The molecule has 3 aromatic rings. The van der Waals surface area contributed by atoms with Gasteiger partial charge in [0.1, 0.15) is 17.7 Å². The number of nitrogens with zero attached hydrogens (tertiary/aromatic N) is 3. The number of aromatic nitrogens is 1. The van der Waals surface area contributed by atoms with E-state index in [9.17, 15) is 28.3 Å². The molecule has 0 spiro atoms. The lowest BCUT2D eigenvalue weighted by molar-refractivity contribution is -0.140. The van der Waals surface area contributed by atoms with Gasteiger partial charge in [-0.15, -0.1) is 0 Å². The number of ether oxygens (including phenoxy) is 1. The number of likely N-dealkylation sites (tertiary alicyclic amines) is 1. The number of aliphatic hydroxyl groups excluding tert-OH is 1. The van der Waals surface area contributed by atoms with Crippen molar-refractivity contribution in [1.82, 2.24) is 25.4 Å². The first-order chi connectivity index (χ1) is 21.7. The van der Waals surface area contributed by atoms with Crippen LogP contribution in [0.5, 0.6) is 0 Å². The molecule has 0 saturated carbocycles. The van der Waals surface area contributed by atoms with Gasteiger partial charge in [0.05, 0.1) is 35.9 Å². The molecule has 3 amide bonds. The maximum atomic E-state index is 14.1. The molecule has 1 aromatic heterocycles. The van der Waals surface area contributed by atoms with Crippen LogP contribution >= 0.6 is 0 Å². The van der Waals surface area contributed by atoms with Crippen molar-refractivity contribution < 1.29 is 33.0 Å². The number of carbonyl (C=O) groups is 3. The number of piperazine rings is 1. The second-order valence-corrected chi connectivity index (χ2v) is 11.4. The summed E-state index contributed by atoms with van der Waals surface area (Å²) in [6, 6.07) is 11.5. The van der Waals surface area contributed by atoms with Crippen LogP contribution in [0.2, 0.25) is 0 Å². The monoisotopic (exact) mass is 621 g/mol. The van der Waals surface area contributed by atoms with Crippen molar-refractivity contribution >= 4 is 17.7 Å². The van der Waals surface area contributed by atoms with Gasteiger partial charge in [0.2, 0.25) is 5.91 Å². The molecule has 2 aromatic carbocycles. The van der Waals surface area contributed by atoms with Gasteiger partial charge in [0.15, 0.2) is 0 Å². The third kappa shape index (κ3) is 7.88. The van der Waals surface area contributed by atoms with Gasteiger partial charge >= 0.3 is 0 Å². The lowest BCUT2D eigenvalue weighted by atomic mass is 9.93. The first-order valence-electron chi connectivity index (χ1n) is 15.0. The van der Waals surface area contributed by atoms with Gasteiger partial charge < -0.3 is 30.3 Å². The van der Waals surface area contributed by atoms with E-state index in [2.05, 4.69) is 15.6 Å². The van der Waals surface area contributed by atoms with Gasteiger partial charge in [0.25, 0.3) is 11.8 Å². The van der Waals surface area contributed by atoms with Gasteiger partial charge in [0, 0.05) is 51.7 Å². The van der Waals surface area contributed by atoms with E-state index in [4.69, 9.17) is 4.74 Å². The zero-order valence-corrected chi connectivity index (χ0v) is 25.0. The Kier molecular flexibility index (Phi) is 10.5. The summed E-state index contributed by atoms with van der Waals surface area (Å²) in [5.41, 5.74) is 1.38. The third-order valence-electron chi connectivity index (χ3n) is 8.23. The van der Waals surface area contributed by atoms with E-state index >= 15 is 0 Å². The van der Waals surface area contributed by atoms with Crippen molar-refractivity contribution in [1.29, 1.82) is 0 Å². The number of rotatable bonds is 11. The van der Waals surface area contributed by atoms with Crippen LogP contribution in [0, 0.1) is 11.6 Å². The molecule has 0 radical (unpaired) electrons. The molecule has 3 N–H and O–H groups in total. The maximum Gasteiger partial charge on any atom is 0.255 e. The average Bonchev–Trinajstić information content (AvgIpc) is 3.49. The van der Waals surface area contributed by atoms with Crippen LogP contribution < -0.4 is 10.6 Å². The predicted octanol–water partition coefficient (Wildman–Crippen LogP) is 2.31. The van der Waals surface area contributed by atoms with E-state index in [-0.39, 0.29) is 41.0 Å². The fraction of sp³-hybridized carbons (Fsp3) is 0.394. The Balaban J connectivity index is 1.36. The molecular weight excluding hydrogens is 584 g/mol. The minimum absolute atomic E-state index is 0.0552. The first-order valence-corrected chi connectivity index (χ1v) is 15.0. The lowest BCUT2D eigenvalue weighted by Crippen LogP contribution is -2.63. The smallest absolute Gasteiger partial charge is 0.255 e. The van der Waals surface area contributed by atoms with Crippen molar-refractivity contribution in [2.75, 3.05) is 33.4 Å². The molecule has 5 rings (SSSR count). The van der Waals surface area contributed by atoms with E-state index in [1.807, 2.05) is 30.3 Å². The van der Waals surface area contributed by atoms with Crippen LogP contribution in [0.1, 0.15) is 44.7 Å². The summed E-state index contributed by atoms with van der Waals surface area (Å²) >= 11 is 0. The molecule has 4 atom stereocenters. The SMILES string of the molecule is COC[C@H]1CCCN1C(=O)c1cncc(C(=O)N[C@@H](Cc2cc(F)cc(F)c2)[C@H](O)[C@@H]2NCCN(Cc3ccccc3)C2=O)c1. The van der Waals surface area contributed by atoms with Gasteiger partial charge in [-0.05, 0) is 48.6 Å². The number of benzene rings is 2. The van der Waals surface area contributed by atoms with Crippen molar-refractivity contribution in [2.45, 2.75) is 50.0 Å². The van der Waals surface area contributed by atoms with Crippen LogP contribution in [0.15, 0.2) is 67.0 Å². The number of aliphatic hydroxyl groups is 1. The quantitative estimate of drug-likeness (QED) is 0.300. The van der Waals surface area contributed by atoms with Crippen LogP contribution in [-0.4, -0.2) is 95.2 Å². The predicted molar refractivity (Wildman–Crippen MR) is 161 cm³/mol. The molecule has 2 aliphatic rings. The zero-order chi connectivity index (χ0) is 31.9. The Labute approximate surface area is 260 Å². The number of pyridine rings is 1. The fourth-order valence-corrected chi connectivity index (χ4v) is 6.02. The summed E-state index contributed by atoms with van der Waals surface area (Å²) in [6.07, 6.45) is 2.68. The Hall–Kier alpha value is -4.26. The number of hydrogen-bond donors (Lipinski definition) is 3. The van der Waals surface area contributed by atoms with Crippen LogP contribution in [-0.2, 0) is 22.5 Å². The summed E-state index contributed by atoms with van der Waals surface area (Å²) in [5, 5.41) is 17.3. The van der Waals surface area contributed by atoms with Crippen LogP contribution in [0.25, 0.3) is 0 Å². The van der Waals surface area contributed by atoms with Crippen molar-refractivity contribution in [2.24, 2.45) is 0 Å². The summed E-state index contributed by atoms with van der Waals surface area (Å²) in [7, 11) is 1.58. The van der Waals surface area contributed by atoms with Gasteiger partial charge in [-0.1, -0.05) is 30.3 Å². The van der Waals surface area contributed by atoms with E-state index in [0.29, 0.717) is 32.8 Å². The number of nitrogens with one attached hydrogen (secondary N) is 2. The second-order valence-electron chi connectivity index (χ2n) is 11.4. The van der Waals surface area contributed by atoms with E-state index in [0.717, 1.165) is 36.6 Å². The Morgan fingerprint density at radius 2 is 1.80 bits per heavy atom. The highest BCUT2D eigenvalue weighted by molar-refractivity contribution is 5.99. The molecular formula is C33H37F2N5O5. The highest BCUT2D eigenvalue weighted by atomic mass is 19.1. The molecule has 3 heterocycles. The number of carbonyl (C=O) groups excluding carboxylic acids is 3. The number of methoxy groups -OCH3 is 1. The first kappa shape index (κ1) is 32.1. The highest BCUT2D eigenvalue weighted by Gasteiger charge is 2.39. The molecule has 2 fully saturated rings. The summed E-state index contributed by atoms with van der Waals surface area (Å²) in [4.78, 5) is 47.8. The fourth-order valence-electron chi connectivity index (χ4n) is 6.02. The lowest BCUT2D eigenvalue weighted by Gasteiger charge is -2.38. The van der Waals surface area contributed by atoms with Crippen LogP contribution in [0.4, 0.5) is 8.78 Å². The number of amides is 3. The minimum atomic E-state index is -1.47. The summed E-state index contributed by atoms with van der Waals surface area (Å²) in [6.45, 7) is 2.11. The van der Waals surface area contributed by atoms with E-state index < -0.39 is 35.7 Å². The maximum absolute atomic E-state index is 14.1. The molecule has 0 unspecified atom stereocenters. The van der Waals surface area contributed by atoms with Gasteiger partial charge in [-0.3, -0.25) is 19.4 Å². The van der Waals surface area contributed by atoms with E-state index in [1.54, 1.807) is 16.9 Å². The summed E-state index contributed by atoms with van der Waals surface area (Å²) < 4.78 is 33.4. The van der Waals surface area contributed by atoms with Gasteiger partial charge in [-0.25, -0.2) is 8.78 Å². The average molecular weight is 622 g/mol. The zero-order valence-electron chi connectivity index (χ0n) is 25.0. The molecule has 2 saturated heterocycles. The molecule has 12 heteroatoms. The Bertz CT molecular complexity index is 1490. The van der Waals surface area contributed by atoms with Gasteiger partial charge in [-0.2, -0.15) is 0 Å². The molecule has 0 aliphatic carbocycles. The molecule has 2 aliphatic heterocycles.